The summed E-state index contributed by atoms with van der Waals surface area (Å²) in [6.45, 7) is 9.99. The Labute approximate surface area is 72.4 Å². The zero-order valence-electron chi connectivity index (χ0n) is 8.48. The molecule has 1 heteroatoms. The number of hydrogen-bond acceptors (Lipinski definition) is 0. The summed E-state index contributed by atoms with van der Waals surface area (Å²) >= 11 is 0. The lowest BCUT2D eigenvalue weighted by Gasteiger charge is -2.35. The summed E-state index contributed by atoms with van der Waals surface area (Å²) < 4.78 is 0. The Balaban J connectivity index is 2.46. The third-order valence-corrected chi connectivity index (χ3v) is 6.14. The third kappa shape index (κ3) is 2.62. The van der Waals surface area contributed by atoms with Crippen LogP contribution < -0.4 is 0 Å². The lowest BCUT2D eigenvalue weighted by molar-refractivity contribution is 0.378. The van der Waals surface area contributed by atoms with Crippen molar-refractivity contribution in [1.82, 2.24) is 0 Å². The monoisotopic (exact) mass is 170 g/mol. The summed E-state index contributed by atoms with van der Waals surface area (Å²) in [5.41, 5.74) is 1.12. The molecule has 1 aliphatic carbocycles. The van der Waals surface area contributed by atoms with Crippen LogP contribution in [0.2, 0.25) is 25.2 Å². The summed E-state index contributed by atoms with van der Waals surface area (Å²) in [5, 5.41) is 0. The van der Waals surface area contributed by atoms with Crippen molar-refractivity contribution >= 4 is 8.07 Å². The fraction of sp³-hybridized carbons (Fsp3) is 1.00. The van der Waals surface area contributed by atoms with E-state index in [0.29, 0.717) is 0 Å². The SMILES string of the molecule is CC1CCCC([Si](C)(C)C)C1. The maximum Gasteiger partial charge on any atom is 0.0473 e. The van der Waals surface area contributed by atoms with Crippen LogP contribution in [0.3, 0.4) is 0 Å². The van der Waals surface area contributed by atoms with Crippen molar-refractivity contribution < 1.29 is 0 Å². The van der Waals surface area contributed by atoms with Crippen molar-refractivity contribution in [1.29, 1.82) is 0 Å². The van der Waals surface area contributed by atoms with Gasteiger partial charge in [0.1, 0.15) is 0 Å². The van der Waals surface area contributed by atoms with E-state index in [9.17, 15) is 0 Å². The predicted molar refractivity (Wildman–Crippen MR) is 54.7 cm³/mol. The average Bonchev–Trinajstić information content (AvgIpc) is 1.86. The van der Waals surface area contributed by atoms with Gasteiger partial charge in [-0.15, -0.1) is 0 Å². The van der Waals surface area contributed by atoms with Gasteiger partial charge in [0.2, 0.25) is 0 Å². The molecule has 2 unspecified atom stereocenters. The molecule has 0 N–H and O–H groups in total. The Hall–Kier alpha value is 0.217. The lowest BCUT2D eigenvalue weighted by Crippen LogP contribution is -2.31. The molecule has 1 fully saturated rings. The first-order chi connectivity index (χ1) is 5.00. The van der Waals surface area contributed by atoms with Gasteiger partial charge in [-0.25, -0.2) is 0 Å². The van der Waals surface area contributed by atoms with E-state index in [4.69, 9.17) is 0 Å². The first kappa shape index (κ1) is 9.31. The molecule has 0 aromatic rings. The van der Waals surface area contributed by atoms with E-state index in [1.54, 1.807) is 0 Å². The maximum atomic E-state index is 2.52. The van der Waals surface area contributed by atoms with Crippen LogP contribution >= 0.6 is 0 Å². The first-order valence-electron chi connectivity index (χ1n) is 5.00. The number of hydrogen-bond donors (Lipinski definition) is 0. The average molecular weight is 170 g/mol. The van der Waals surface area contributed by atoms with Crippen LogP contribution in [-0.2, 0) is 0 Å². The van der Waals surface area contributed by atoms with Crippen LogP contribution in [0.15, 0.2) is 0 Å². The van der Waals surface area contributed by atoms with Gasteiger partial charge >= 0.3 is 0 Å². The highest BCUT2D eigenvalue weighted by Crippen LogP contribution is 2.39. The summed E-state index contributed by atoms with van der Waals surface area (Å²) in [4.78, 5) is 0. The van der Waals surface area contributed by atoms with Crippen LogP contribution in [-0.4, -0.2) is 8.07 Å². The Kier molecular flexibility index (Phi) is 2.79. The van der Waals surface area contributed by atoms with E-state index >= 15 is 0 Å². The van der Waals surface area contributed by atoms with Gasteiger partial charge in [-0.3, -0.25) is 0 Å². The highest BCUT2D eigenvalue weighted by Gasteiger charge is 2.30. The standard InChI is InChI=1S/C10H22Si/c1-9-6-5-7-10(8-9)11(2,3)4/h9-10H,5-8H2,1-4H3. The normalized spacial score (nSPS) is 33.8. The van der Waals surface area contributed by atoms with Crippen molar-refractivity contribution in [3.63, 3.8) is 0 Å². The van der Waals surface area contributed by atoms with E-state index < -0.39 is 8.07 Å². The molecule has 66 valence electrons. The third-order valence-electron chi connectivity index (χ3n) is 3.16. The Morgan fingerprint density at radius 1 is 1.09 bits per heavy atom. The summed E-state index contributed by atoms with van der Waals surface area (Å²) in [6.07, 6.45) is 6.03. The Morgan fingerprint density at radius 2 is 1.73 bits per heavy atom. The molecule has 0 aromatic heterocycles. The predicted octanol–water partition coefficient (Wildman–Crippen LogP) is 3.90. The largest absolute Gasteiger partial charge is 0.0693 e. The van der Waals surface area contributed by atoms with Crippen molar-refractivity contribution in [3.8, 4) is 0 Å². The second-order valence-electron chi connectivity index (χ2n) is 5.33. The Bertz CT molecular complexity index is 123. The van der Waals surface area contributed by atoms with Gasteiger partial charge < -0.3 is 0 Å². The fourth-order valence-corrected chi connectivity index (χ4v) is 4.40. The van der Waals surface area contributed by atoms with Gasteiger partial charge in [-0.2, -0.15) is 0 Å². The molecule has 0 spiro atoms. The van der Waals surface area contributed by atoms with E-state index in [1.807, 2.05) is 0 Å². The molecule has 1 rings (SSSR count). The van der Waals surface area contributed by atoms with Crippen molar-refractivity contribution in [2.75, 3.05) is 0 Å². The van der Waals surface area contributed by atoms with Crippen LogP contribution in [0.4, 0.5) is 0 Å². The second kappa shape index (κ2) is 3.30. The van der Waals surface area contributed by atoms with Crippen molar-refractivity contribution in [2.24, 2.45) is 5.92 Å². The molecule has 0 amide bonds. The molecule has 0 aromatic carbocycles. The quantitative estimate of drug-likeness (QED) is 0.524. The minimum atomic E-state index is -0.798. The van der Waals surface area contributed by atoms with Crippen LogP contribution in [0.25, 0.3) is 0 Å². The topological polar surface area (TPSA) is 0 Å². The van der Waals surface area contributed by atoms with Crippen LogP contribution in [0, 0.1) is 5.92 Å². The zero-order chi connectivity index (χ0) is 8.48. The highest BCUT2D eigenvalue weighted by molar-refractivity contribution is 6.77. The molecular weight excluding hydrogens is 148 g/mol. The molecule has 1 aliphatic rings. The fourth-order valence-electron chi connectivity index (χ4n) is 2.22. The molecule has 0 heterocycles. The highest BCUT2D eigenvalue weighted by atomic mass is 28.3. The second-order valence-corrected chi connectivity index (χ2v) is 10.9. The molecule has 0 radical (unpaired) electrons. The minimum Gasteiger partial charge on any atom is -0.0693 e. The van der Waals surface area contributed by atoms with E-state index in [2.05, 4.69) is 26.6 Å². The van der Waals surface area contributed by atoms with Crippen LogP contribution in [0.5, 0.6) is 0 Å². The Morgan fingerprint density at radius 3 is 2.09 bits per heavy atom. The maximum absolute atomic E-state index is 2.52. The molecule has 1 saturated carbocycles. The van der Waals surface area contributed by atoms with Gasteiger partial charge in [-0.1, -0.05) is 52.2 Å². The molecule has 11 heavy (non-hydrogen) atoms. The summed E-state index contributed by atoms with van der Waals surface area (Å²) in [6, 6.07) is 0. The van der Waals surface area contributed by atoms with E-state index in [-0.39, 0.29) is 0 Å². The lowest BCUT2D eigenvalue weighted by atomic mass is 9.90. The molecule has 0 nitrogen and oxygen atoms in total. The van der Waals surface area contributed by atoms with Gasteiger partial charge in [0.25, 0.3) is 0 Å². The number of rotatable bonds is 1. The molecule has 0 aliphatic heterocycles. The van der Waals surface area contributed by atoms with Crippen LogP contribution in [0.1, 0.15) is 32.6 Å². The summed E-state index contributed by atoms with van der Waals surface area (Å²) in [5.74, 6) is 1.01. The van der Waals surface area contributed by atoms with Crippen molar-refractivity contribution in [3.05, 3.63) is 0 Å². The van der Waals surface area contributed by atoms with Gasteiger partial charge in [0, 0.05) is 8.07 Å². The zero-order valence-corrected chi connectivity index (χ0v) is 9.48. The molecule has 0 bridgehead atoms. The smallest absolute Gasteiger partial charge is 0.0473 e. The van der Waals surface area contributed by atoms with Crippen molar-refractivity contribution in [2.45, 2.75) is 57.8 Å². The summed E-state index contributed by atoms with van der Waals surface area (Å²) in [7, 11) is -0.798. The van der Waals surface area contributed by atoms with Gasteiger partial charge in [0.15, 0.2) is 0 Å². The van der Waals surface area contributed by atoms with E-state index in [1.165, 1.54) is 25.7 Å². The molecule has 0 saturated heterocycles. The first-order valence-corrected chi connectivity index (χ1v) is 8.58. The van der Waals surface area contributed by atoms with Gasteiger partial charge in [0.05, 0.1) is 0 Å². The minimum absolute atomic E-state index is 0.798. The van der Waals surface area contributed by atoms with E-state index in [0.717, 1.165) is 11.5 Å². The molecular formula is C10H22Si. The molecule has 2 atom stereocenters. The van der Waals surface area contributed by atoms with Gasteiger partial charge in [-0.05, 0) is 11.5 Å².